The Morgan fingerprint density at radius 1 is 0.917 bits per heavy atom. The number of methoxy groups -OCH3 is 2. The van der Waals surface area contributed by atoms with Crippen molar-refractivity contribution in [2.75, 3.05) is 14.2 Å². The summed E-state index contributed by atoms with van der Waals surface area (Å²) < 4.78 is 9.65. The van der Waals surface area contributed by atoms with E-state index in [1.807, 2.05) is 0 Å². The molecule has 0 saturated carbocycles. The van der Waals surface area contributed by atoms with Gasteiger partial charge in [0.15, 0.2) is 11.6 Å². The van der Waals surface area contributed by atoms with Crippen molar-refractivity contribution in [3.8, 4) is 0 Å². The molecule has 0 saturated heterocycles. The number of ketones is 2. The lowest BCUT2D eigenvalue weighted by Gasteiger charge is -2.04. The van der Waals surface area contributed by atoms with E-state index in [-0.39, 0.29) is 23.2 Å². The predicted octanol–water partition coefficient (Wildman–Crippen LogP) is 2.56. The molecule has 0 aromatic carbocycles. The highest BCUT2D eigenvalue weighted by atomic mass is 35.5. The molecule has 24 heavy (non-hydrogen) atoms. The fourth-order valence-corrected chi connectivity index (χ4v) is 1.72. The first-order chi connectivity index (χ1) is 11.3. The molecule has 8 nitrogen and oxygen atoms in total. The highest BCUT2D eigenvalue weighted by Gasteiger charge is 2.17. The van der Waals surface area contributed by atoms with Crippen LogP contribution in [0.5, 0.6) is 0 Å². The molecule has 2 heterocycles. The fourth-order valence-electron chi connectivity index (χ4n) is 1.45. The Morgan fingerprint density at radius 2 is 1.25 bits per heavy atom. The molecule has 0 aliphatic carbocycles. The van der Waals surface area contributed by atoms with Gasteiger partial charge in [0.2, 0.25) is 11.6 Å². The fraction of sp³-hybridized carbons (Fsp3) is 0.429. The molecule has 2 aromatic rings. The van der Waals surface area contributed by atoms with E-state index in [4.69, 9.17) is 32.7 Å². The SMILES string of the molecule is COC(C)C(=O)c1ncc(Cl)[nH]1.CO[C@@H](C)C(=O)c1ncc(Cl)[nH]1. The second-order valence-electron chi connectivity index (χ2n) is 4.64. The second-order valence-corrected chi connectivity index (χ2v) is 5.46. The Bertz CT molecular complexity index is 628. The number of hydrogen-bond donors (Lipinski definition) is 2. The third kappa shape index (κ3) is 5.72. The van der Waals surface area contributed by atoms with Gasteiger partial charge in [-0.3, -0.25) is 9.59 Å². The third-order valence-corrected chi connectivity index (χ3v) is 3.39. The molecule has 0 fully saturated rings. The van der Waals surface area contributed by atoms with Crippen molar-refractivity contribution in [3.63, 3.8) is 0 Å². The molecule has 132 valence electrons. The van der Waals surface area contributed by atoms with Crippen molar-refractivity contribution in [2.45, 2.75) is 26.1 Å². The summed E-state index contributed by atoms with van der Waals surface area (Å²) in [4.78, 5) is 35.4. The molecule has 10 heteroatoms. The Hall–Kier alpha value is -1.74. The van der Waals surface area contributed by atoms with Gasteiger partial charge in [-0.05, 0) is 13.8 Å². The summed E-state index contributed by atoms with van der Waals surface area (Å²) in [5.74, 6) is 0.0532. The van der Waals surface area contributed by atoms with E-state index in [9.17, 15) is 9.59 Å². The van der Waals surface area contributed by atoms with Crippen LogP contribution >= 0.6 is 23.2 Å². The number of aromatic nitrogens is 4. The van der Waals surface area contributed by atoms with Crippen LogP contribution in [0.1, 0.15) is 35.1 Å². The first-order valence-corrected chi connectivity index (χ1v) is 7.60. The number of ether oxygens (including phenoxy) is 2. The maximum atomic E-state index is 11.3. The van der Waals surface area contributed by atoms with Crippen LogP contribution in [0, 0.1) is 0 Å². The molecule has 2 N–H and O–H groups in total. The summed E-state index contributed by atoms with van der Waals surface area (Å²) in [6.45, 7) is 3.30. The average Bonchev–Trinajstić information content (AvgIpc) is 3.21. The van der Waals surface area contributed by atoms with Gasteiger partial charge in [-0.1, -0.05) is 23.2 Å². The summed E-state index contributed by atoms with van der Waals surface area (Å²) in [7, 11) is 2.93. The van der Waals surface area contributed by atoms with Crippen molar-refractivity contribution < 1.29 is 19.1 Å². The zero-order chi connectivity index (χ0) is 18.3. The Morgan fingerprint density at radius 3 is 1.46 bits per heavy atom. The lowest BCUT2D eigenvalue weighted by atomic mass is 10.2. The van der Waals surface area contributed by atoms with Crippen molar-refractivity contribution in [3.05, 3.63) is 34.3 Å². The molecule has 2 rings (SSSR count). The number of carbonyl (C=O) groups excluding carboxylic acids is 2. The first-order valence-electron chi connectivity index (χ1n) is 6.85. The number of imidazole rings is 2. The van der Waals surface area contributed by atoms with Gasteiger partial charge >= 0.3 is 0 Å². The van der Waals surface area contributed by atoms with Crippen LogP contribution in [-0.4, -0.2) is 57.9 Å². The van der Waals surface area contributed by atoms with Crippen LogP contribution in [0.2, 0.25) is 10.3 Å². The zero-order valence-corrected chi connectivity index (χ0v) is 15.1. The zero-order valence-electron chi connectivity index (χ0n) is 13.6. The largest absolute Gasteiger partial charge is 0.373 e. The Labute approximate surface area is 148 Å². The van der Waals surface area contributed by atoms with Crippen LogP contribution in [0.4, 0.5) is 0 Å². The quantitative estimate of drug-likeness (QED) is 0.749. The Balaban J connectivity index is 0.000000240. The molecule has 0 aliphatic rings. The van der Waals surface area contributed by atoms with Gasteiger partial charge in [0, 0.05) is 14.2 Å². The molecule has 0 bridgehead atoms. The molecule has 0 spiro atoms. The monoisotopic (exact) mass is 376 g/mol. The van der Waals surface area contributed by atoms with E-state index in [1.165, 1.54) is 26.6 Å². The van der Waals surface area contributed by atoms with E-state index in [2.05, 4.69) is 19.9 Å². The summed E-state index contributed by atoms with van der Waals surface area (Å²) in [6.07, 6.45) is 1.79. The standard InChI is InChI=1S/2C7H9ClN2O2/c2*1-4(12-2)6(11)7-9-3-5(8)10-7/h2*3-4H,1-2H3,(H,9,10)/t4-;/m0./s1. The van der Waals surface area contributed by atoms with E-state index in [0.717, 1.165) is 0 Å². The van der Waals surface area contributed by atoms with E-state index >= 15 is 0 Å². The molecule has 2 aromatic heterocycles. The average molecular weight is 377 g/mol. The molecule has 0 amide bonds. The maximum absolute atomic E-state index is 11.3. The number of nitrogens with one attached hydrogen (secondary N) is 2. The Kier molecular flexibility index (Phi) is 8.06. The van der Waals surface area contributed by atoms with Crippen LogP contribution in [0.15, 0.2) is 12.4 Å². The molecule has 1 unspecified atom stereocenters. The maximum Gasteiger partial charge on any atom is 0.226 e. The van der Waals surface area contributed by atoms with E-state index < -0.39 is 12.2 Å². The highest BCUT2D eigenvalue weighted by molar-refractivity contribution is 6.29. The van der Waals surface area contributed by atoms with E-state index in [0.29, 0.717) is 10.3 Å². The van der Waals surface area contributed by atoms with Crippen molar-refractivity contribution >= 4 is 34.8 Å². The van der Waals surface area contributed by atoms with Crippen LogP contribution < -0.4 is 0 Å². The lowest BCUT2D eigenvalue weighted by Crippen LogP contribution is -2.20. The van der Waals surface area contributed by atoms with Gasteiger partial charge in [0.05, 0.1) is 12.4 Å². The van der Waals surface area contributed by atoms with Gasteiger partial charge in [-0.25, -0.2) is 9.97 Å². The van der Waals surface area contributed by atoms with Gasteiger partial charge in [0.1, 0.15) is 22.5 Å². The lowest BCUT2D eigenvalue weighted by molar-refractivity contribution is 0.0642. The minimum Gasteiger partial charge on any atom is -0.373 e. The number of Topliss-reactive ketones (excluding diaryl/α,β-unsaturated/α-hetero) is 2. The number of hydrogen-bond acceptors (Lipinski definition) is 6. The first kappa shape index (κ1) is 20.3. The van der Waals surface area contributed by atoms with Crippen LogP contribution in [-0.2, 0) is 9.47 Å². The van der Waals surface area contributed by atoms with Gasteiger partial charge in [-0.15, -0.1) is 0 Å². The summed E-state index contributed by atoms with van der Waals surface area (Å²) >= 11 is 11.1. The van der Waals surface area contributed by atoms with E-state index in [1.54, 1.807) is 13.8 Å². The smallest absolute Gasteiger partial charge is 0.226 e. The minimum atomic E-state index is -0.493. The van der Waals surface area contributed by atoms with Crippen LogP contribution in [0.25, 0.3) is 0 Å². The number of aromatic amines is 2. The number of nitrogens with zero attached hydrogens (tertiary/aromatic N) is 2. The number of carbonyl (C=O) groups is 2. The topological polar surface area (TPSA) is 110 Å². The number of H-pyrrole nitrogens is 2. The molecule has 2 atom stereocenters. The summed E-state index contributed by atoms with van der Waals surface area (Å²) in [6, 6.07) is 0. The molecule has 0 aliphatic heterocycles. The summed E-state index contributed by atoms with van der Waals surface area (Å²) in [5, 5.41) is 0.698. The van der Waals surface area contributed by atoms with Crippen molar-refractivity contribution in [2.24, 2.45) is 0 Å². The second kappa shape index (κ2) is 9.53. The van der Waals surface area contributed by atoms with Gasteiger partial charge in [-0.2, -0.15) is 0 Å². The van der Waals surface area contributed by atoms with Crippen LogP contribution in [0.3, 0.4) is 0 Å². The molecular formula is C14H18Cl2N4O4. The van der Waals surface area contributed by atoms with Gasteiger partial charge < -0.3 is 19.4 Å². The normalized spacial score (nSPS) is 12.9. The third-order valence-electron chi connectivity index (χ3n) is 3.00. The number of halogens is 2. The predicted molar refractivity (Wildman–Crippen MR) is 88.8 cm³/mol. The molecule has 0 radical (unpaired) electrons. The van der Waals surface area contributed by atoms with Crippen molar-refractivity contribution in [1.82, 2.24) is 19.9 Å². The van der Waals surface area contributed by atoms with Crippen molar-refractivity contribution in [1.29, 1.82) is 0 Å². The minimum absolute atomic E-state index is 0.204. The summed E-state index contributed by atoms with van der Waals surface area (Å²) in [5.41, 5.74) is 0. The number of rotatable bonds is 6. The highest BCUT2D eigenvalue weighted by Crippen LogP contribution is 2.07. The van der Waals surface area contributed by atoms with Gasteiger partial charge in [0.25, 0.3) is 0 Å². The molecular weight excluding hydrogens is 359 g/mol.